The van der Waals surface area contributed by atoms with E-state index in [0.717, 1.165) is 54.8 Å². The normalized spacial score (nSPS) is 28.5. The topological polar surface area (TPSA) is 168 Å². The molecule has 9 atom stereocenters. The highest BCUT2D eigenvalue weighted by Crippen LogP contribution is 2.69. The number of hydrogen-bond acceptors (Lipinski definition) is 6. The van der Waals surface area contributed by atoms with E-state index in [1.807, 2.05) is 6.08 Å². The molecule has 0 heterocycles. The average Bonchev–Trinajstić information content (AvgIpc) is 3.55. The first-order chi connectivity index (χ1) is 28.8. The van der Waals surface area contributed by atoms with E-state index in [0.29, 0.717) is 45.8 Å². The van der Waals surface area contributed by atoms with Crippen molar-refractivity contribution in [3.8, 4) is 11.5 Å². The highest BCUT2D eigenvalue weighted by molar-refractivity contribution is 6.33. The molecule has 0 radical (unpaired) electrons. The summed E-state index contributed by atoms with van der Waals surface area (Å²) in [6.45, 7) is 10.9. The smallest absolute Gasteiger partial charge is 0.341 e. The summed E-state index contributed by atoms with van der Waals surface area (Å²) in [5.41, 5.74) is 1.19. The van der Waals surface area contributed by atoms with Gasteiger partial charge in [0.2, 0.25) is 0 Å². The van der Waals surface area contributed by atoms with Crippen molar-refractivity contribution in [1.29, 1.82) is 0 Å². The monoisotopic (exact) mass is 882 g/mol. The molecule has 6 rings (SSSR count). The third kappa shape index (κ3) is 10.1. The summed E-state index contributed by atoms with van der Waals surface area (Å²) in [6, 6.07) is 5.56. The van der Waals surface area contributed by atoms with Crippen molar-refractivity contribution in [2.75, 3.05) is 13.2 Å². The maximum Gasteiger partial charge on any atom is 0.341 e. The van der Waals surface area contributed by atoms with E-state index in [1.54, 1.807) is 0 Å². The molecule has 0 amide bonds. The quantitative estimate of drug-likeness (QED) is 0.113. The molecule has 0 saturated heterocycles. The van der Waals surface area contributed by atoms with Crippen LogP contribution in [0, 0.1) is 58.2 Å². The second kappa shape index (κ2) is 19.3. The van der Waals surface area contributed by atoms with E-state index in [4.69, 9.17) is 32.7 Å². The van der Waals surface area contributed by atoms with Crippen molar-refractivity contribution in [2.24, 2.45) is 58.2 Å². The highest BCUT2D eigenvalue weighted by atomic mass is 35.5. The molecule has 4 N–H and O–H groups in total. The standard InChI is InChI=1S/C49H64Cl2O10/c1-27(2)8-6-9-28(3)37-14-15-38-34-13-12-32-20-29(16-18-48(32,4)39(34)17-19-49(37,38)5)10-7-11-33(30-21-35(46(56)57)44(40(50)23-30)60-25-42(52)53)31-22-36(47(58)59)45(41(51)24-31)61-26-43(54)55/h11,21-24,27-29,32,34,37-39H,6-10,12-20,25-26H2,1-5H3,(H,52,53)(H,54,55)(H,56,57)(H,58,59)/t28?,29-,32-,34-,37+,38-,39-,48-,49+/m0/s1. The van der Waals surface area contributed by atoms with Gasteiger partial charge < -0.3 is 29.9 Å². The molecule has 4 saturated carbocycles. The number of aromatic carboxylic acids is 2. The van der Waals surface area contributed by atoms with Crippen molar-refractivity contribution in [3.05, 3.63) is 62.6 Å². The van der Waals surface area contributed by atoms with Crippen LogP contribution in [0.2, 0.25) is 10.0 Å². The molecule has 4 fully saturated rings. The van der Waals surface area contributed by atoms with Crippen molar-refractivity contribution in [1.82, 2.24) is 0 Å². The molecule has 10 nitrogen and oxygen atoms in total. The van der Waals surface area contributed by atoms with Gasteiger partial charge in [-0.2, -0.15) is 0 Å². The summed E-state index contributed by atoms with van der Waals surface area (Å²) < 4.78 is 10.5. The number of aliphatic carboxylic acids is 2. The first kappa shape index (κ1) is 46.7. The lowest BCUT2D eigenvalue weighted by Crippen LogP contribution is -2.53. The average molecular weight is 884 g/mol. The van der Waals surface area contributed by atoms with Crippen LogP contribution in [-0.2, 0) is 9.59 Å². The molecule has 4 aliphatic carbocycles. The van der Waals surface area contributed by atoms with E-state index in [1.165, 1.54) is 88.5 Å². The zero-order valence-corrected chi connectivity index (χ0v) is 37.8. The maximum atomic E-state index is 12.4. The van der Waals surface area contributed by atoms with E-state index in [9.17, 15) is 39.6 Å². The number of halogens is 2. The minimum atomic E-state index is -1.40. The Balaban J connectivity index is 1.22. The molecule has 4 aliphatic rings. The zero-order chi connectivity index (χ0) is 44.4. The highest BCUT2D eigenvalue weighted by Gasteiger charge is 2.60. The Morgan fingerprint density at radius 1 is 0.738 bits per heavy atom. The molecule has 61 heavy (non-hydrogen) atoms. The lowest BCUT2D eigenvalue weighted by Gasteiger charge is -2.61. The van der Waals surface area contributed by atoms with Crippen LogP contribution >= 0.6 is 23.2 Å². The van der Waals surface area contributed by atoms with Gasteiger partial charge in [0.15, 0.2) is 24.7 Å². The number of carboxylic acids is 4. The van der Waals surface area contributed by atoms with Gasteiger partial charge in [-0.3, -0.25) is 0 Å². The van der Waals surface area contributed by atoms with Gasteiger partial charge in [0.1, 0.15) is 11.1 Å². The van der Waals surface area contributed by atoms with Crippen molar-refractivity contribution < 1.29 is 49.1 Å². The SMILES string of the molecule is CC(C)CCCC(C)[C@H]1CC[C@H]2[C@@H]3CC[C@H]4C[C@@H](CCC=C(c5cc(Cl)c(OCC(=O)O)c(C(=O)O)c5)c5cc(Cl)c(OCC(=O)O)c(C(=O)O)c5)CC[C@]4(C)[C@H]3CC[C@]12C. The Hall–Kier alpha value is -3.76. The van der Waals surface area contributed by atoms with E-state index < -0.39 is 37.1 Å². The lowest BCUT2D eigenvalue weighted by molar-refractivity contribution is -0.140. The number of rotatable bonds is 18. The fraction of sp³-hybridized carbons (Fsp3) is 0.633. The molecule has 0 aliphatic heterocycles. The fourth-order valence-electron chi connectivity index (χ4n) is 12.9. The van der Waals surface area contributed by atoms with Crippen LogP contribution in [-0.4, -0.2) is 57.5 Å². The molecule has 12 heteroatoms. The van der Waals surface area contributed by atoms with Crippen LogP contribution in [0.1, 0.15) is 156 Å². The van der Waals surface area contributed by atoms with Gasteiger partial charge in [-0.25, -0.2) is 19.2 Å². The number of hydrogen-bond donors (Lipinski definition) is 4. The van der Waals surface area contributed by atoms with E-state index in [2.05, 4.69) is 34.6 Å². The van der Waals surface area contributed by atoms with Crippen molar-refractivity contribution in [2.45, 2.75) is 125 Å². The number of ether oxygens (including phenoxy) is 2. The number of carbonyl (C=O) groups is 4. The molecular formula is C49H64Cl2O10. The zero-order valence-electron chi connectivity index (χ0n) is 36.3. The Labute approximate surface area is 370 Å². The van der Waals surface area contributed by atoms with Gasteiger partial charge in [0.25, 0.3) is 0 Å². The number of carboxylic acid groups (broad SMARTS) is 4. The number of allylic oxidation sites excluding steroid dienone is 1. The van der Waals surface area contributed by atoms with E-state index >= 15 is 0 Å². The lowest BCUT2D eigenvalue weighted by atomic mass is 9.44. The fourth-order valence-corrected chi connectivity index (χ4v) is 13.4. The third-order valence-corrected chi connectivity index (χ3v) is 16.3. The van der Waals surface area contributed by atoms with E-state index in [-0.39, 0.29) is 32.7 Å². The largest absolute Gasteiger partial charge is 0.479 e. The van der Waals surface area contributed by atoms with Crippen LogP contribution in [0.3, 0.4) is 0 Å². The predicted octanol–water partition coefficient (Wildman–Crippen LogP) is 12.3. The molecule has 334 valence electrons. The number of fused-ring (bicyclic) bond motifs is 5. The van der Waals surface area contributed by atoms with Gasteiger partial charge in [0, 0.05) is 0 Å². The first-order valence-corrected chi connectivity index (χ1v) is 23.1. The molecule has 1 unspecified atom stereocenters. The second-order valence-corrected chi connectivity index (χ2v) is 20.5. The van der Waals surface area contributed by atoms with Crippen LogP contribution in [0.4, 0.5) is 0 Å². The summed E-state index contributed by atoms with van der Waals surface area (Å²) in [5.74, 6) is -0.0237. The van der Waals surface area contributed by atoms with Gasteiger partial charge in [0.05, 0.1) is 10.0 Å². The van der Waals surface area contributed by atoms with Crippen LogP contribution in [0.15, 0.2) is 30.3 Å². The molecular weight excluding hydrogens is 819 g/mol. The predicted molar refractivity (Wildman–Crippen MR) is 236 cm³/mol. The minimum Gasteiger partial charge on any atom is -0.479 e. The van der Waals surface area contributed by atoms with Gasteiger partial charge >= 0.3 is 23.9 Å². The van der Waals surface area contributed by atoms with Crippen molar-refractivity contribution in [3.63, 3.8) is 0 Å². The Morgan fingerprint density at radius 2 is 1.30 bits per heavy atom. The third-order valence-electron chi connectivity index (χ3n) is 15.7. The summed E-state index contributed by atoms with van der Waals surface area (Å²) in [4.78, 5) is 47.4. The Kier molecular flexibility index (Phi) is 14.8. The van der Waals surface area contributed by atoms with Crippen LogP contribution in [0.5, 0.6) is 11.5 Å². The Morgan fingerprint density at radius 3 is 1.84 bits per heavy atom. The molecule has 0 bridgehead atoms. The molecule has 2 aromatic rings. The maximum absolute atomic E-state index is 12.4. The molecule has 0 spiro atoms. The first-order valence-electron chi connectivity index (χ1n) is 22.4. The minimum absolute atomic E-state index is 0.137. The summed E-state index contributed by atoms with van der Waals surface area (Å²) in [7, 11) is 0. The summed E-state index contributed by atoms with van der Waals surface area (Å²) >= 11 is 13.1. The summed E-state index contributed by atoms with van der Waals surface area (Å²) in [6.07, 6.45) is 19.0. The van der Waals surface area contributed by atoms with Crippen LogP contribution < -0.4 is 9.47 Å². The number of benzene rings is 2. The van der Waals surface area contributed by atoms with Crippen LogP contribution in [0.25, 0.3) is 5.57 Å². The Bertz CT molecular complexity index is 1920. The molecule has 0 aromatic heterocycles. The van der Waals surface area contributed by atoms with Gasteiger partial charge in [-0.1, -0.05) is 83.2 Å². The van der Waals surface area contributed by atoms with Crippen molar-refractivity contribution >= 4 is 52.7 Å². The molecule has 2 aromatic carbocycles. The van der Waals surface area contributed by atoms with Gasteiger partial charge in [-0.05, 0) is 170 Å². The summed E-state index contributed by atoms with van der Waals surface area (Å²) in [5, 5.41) is 38.4. The van der Waals surface area contributed by atoms with Gasteiger partial charge in [-0.15, -0.1) is 0 Å². The second-order valence-electron chi connectivity index (χ2n) is 19.7.